The molecule has 0 radical (unpaired) electrons. The van der Waals surface area contributed by atoms with Crippen molar-refractivity contribution in [1.29, 1.82) is 0 Å². The van der Waals surface area contributed by atoms with Crippen molar-refractivity contribution in [2.75, 3.05) is 14.2 Å². The summed E-state index contributed by atoms with van der Waals surface area (Å²) in [5, 5.41) is 8.47. The highest BCUT2D eigenvalue weighted by molar-refractivity contribution is 7.15. The number of hydrogen-bond donors (Lipinski definition) is 0. The van der Waals surface area contributed by atoms with Crippen molar-refractivity contribution < 1.29 is 9.47 Å². The second-order valence-corrected chi connectivity index (χ2v) is 9.00. The van der Waals surface area contributed by atoms with Crippen molar-refractivity contribution in [2.24, 2.45) is 0 Å². The molecule has 0 aliphatic heterocycles. The van der Waals surface area contributed by atoms with Gasteiger partial charge in [-0.25, -0.2) is 4.40 Å². The molecule has 0 bridgehead atoms. The Morgan fingerprint density at radius 2 is 1.73 bits per heavy atom. The zero-order valence-corrected chi connectivity index (χ0v) is 18.4. The molecule has 0 spiro atoms. The molecular formula is C23H23N3O3S. The van der Waals surface area contributed by atoms with Crippen LogP contribution in [0.1, 0.15) is 31.9 Å². The first-order valence-electron chi connectivity index (χ1n) is 9.54. The van der Waals surface area contributed by atoms with Crippen molar-refractivity contribution in [2.45, 2.75) is 26.2 Å². The molecule has 0 saturated heterocycles. The zero-order valence-electron chi connectivity index (χ0n) is 17.6. The summed E-state index contributed by atoms with van der Waals surface area (Å²) in [5.41, 5.74) is 2.75. The summed E-state index contributed by atoms with van der Waals surface area (Å²) >= 11 is 1.30. The molecule has 6 nitrogen and oxygen atoms in total. The predicted molar refractivity (Wildman–Crippen MR) is 120 cm³/mol. The molecular weight excluding hydrogens is 398 g/mol. The Morgan fingerprint density at radius 1 is 1.00 bits per heavy atom. The summed E-state index contributed by atoms with van der Waals surface area (Å²) in [7, 11) is 3.20. The standard InChI is InChI=1S/C23H23N3O3S/c1-23(2,3)16-8-6-14(7-9-16)20-24-25-22-26(20)21(27)19(30-22)13-15-12-17(28-4)10-11-18(15)29-5/h6-13H,1-5H3/b19-13-. The second kappa shape index (κ2) is 7.57. The largest absolute Gasteiger partial charge is 0.497 e. The van der Waals surface area contributed by atoms with E-state index in [1.807, 2.05) is 30.3 Å². The highest BCUT2D eigenvalue weighted by Gasteiger charge is 2.17. The Kier molecular flexibility index (Phi) is 5.07. The van der Waals surface area contributed by atoms with Crippen LogP contribution in [0.5, 0.6) is 11.5 Å². The molecule has 0 amide bonds. The quantitative estimate of drug-likeness (QED) is 0.503. The fraction of sp³-hybridized carbons (Fsp3) is 0.261. The van der Waals surface area contributed by atoms with Gasteiger partial charge >= 0.3 is 0 Å². The first-order chi connectivity index (χ1) is 14.3. The molecule has 0 fully saturated rings. The van der Waals surface area contributed by atoms with E-state index in [2.05, 4.69) is 43.1 Å². The maximum absolute atomic E-state index is 13.2. The summed E-state index contributed by atoms with van der Waals surface area (Å²) in [6.45, 7) is 6.50. The van der Waals surface area contributed by atoms with Crippen LogP contribution in [-0.2, 0) is 5.41 Å². The first kappa shape index (κ1) is 20.1. The average Bonchev–Trinajstić information content (AvgIpc) is 3.28. The van der Waals surface area contributed by atoms with Gasteiger partial charge in [0.25, 0.3) is 5.56 Å². The van der Waals surface area contributed by atoms with Crippen molar-refractivity contribution in [3.8, 4) is 22.9 Å². The molecule has 4 aromatic rings. The summed E-state index contributed by atoms with van der Waals surface area (Å²) < 4.78 is 12.8. The molecule has 4 rings (SSSR count). The van der Waals surface area contributed by atoms with Crippen LogP contribution in [0.25, 0.3) is 22.4 Å². The van der Waals surface area contributed by atoms with Crippen LogP contribution in [0.4, 0.5) is 0 Å². The van der Waals surface area contributed by atoms with Crippen LogP contribution in [0.2, 0.25) is 0 Å². The lowest BCUT2D eigenvalue weighted by Crippen LogP contribution is -2.23. The molecule has 2 aromatic carbocycles. The van der Waals surface area contributed by atoms with Gasteiger partial charge in [0.1, 0.15) is 11.5 Å². The SMILES string of the molecule is COc1ccc(OC)c(/C=c2\sc3nnc(-c4ccc(C(C)(C)C)cc4)n3c2=O)c1. The molecule has 30 heavy (non-hydrogen) atoms. The van der Waals surface area contributed by atoms with Crippen molar-refractivity contribution >= 4 is 22.4 Å². The Balaban J connectivity index is 1.84. The monoisotopic (exact) mass is 421 g/mol. The van der Waals surface area contributed by atoms with E-state index in [-0.39, 0.29) is 11.0 Å². The van der Waals surface area contributed by atoms with Crippen LogP contribution in [-0.4, -0.2) is 28.8 Å². The van der Waals surface area contributed by atoms with Gasteiger partial charge in [0, 0.05) is 11.1 Å². The Hall–Kier alpha value is -3.19. The summed E-state index contributed by atoms with van der Waals surface area (Å²) in [5.74, 6) is 1.90. The minimum Gasteiger partial charge on any atom is -0.497 e. The minimum absolute atomic E-state index is 0.0582. The maximum atomic E-state index is 13.2. The number of hydrogen-bond acceptors (Lipinski definition) is 6. The van der Waals surface area contributed by atoms with Gasteiger partial charge in [0.15, 0.2) is 5.82 Å². The third-order valence-corrected chi connectivity index (χ3v) is 5.94. The van der Waals surface area contributed by atoms with Crippen LogP contribution >= 0.6 is 11.3 Å². The normalized spacial score (nSPS) is 12.5. The molecule has 154 valence electrons. The predicted octanol–water partition coefficient (Wildman–Crippen LogP) is 3.68. The number of nitrogens with zero attached hydrogens (tertiary/aromatic N) is 3. The third kappa shape index (κ3) is 3.57. The van der Waals surface area contributed by atoms with Gasteiger partial charge in [-0.3, -0.25) is 4.79 Å². The minimum atomic E-state index is -0.153. The van der Waals surface area contributed by atoms with Gasteiger partial charge in [-0.2, -0.15) is 0 Å². The van der Waals surface area contributed by atoms with E-state index < -0.39 is 0 Å². The zero-order chi connectivity index (χ0) is 21.5. The molecule has 0 aliphatic carbocycles. The number of rotatable bonds is 4. The number of thiazole rings is 1. The van der Waals surface area contributed by atoms with Crippen molar-refractivity contribution in [3.63, 3.8) is 0 Å². The molecule has 0 unspecified atom stereocenters. The molecule has 0 aliphatic rings. The number of benzene rings is 2. The first-order valence-corrected chi connectivity index (χ1v) is 10.4. The second-order valence-electron chi connectivity index (χ2n) is 7.99. The number of methoxy groups -OCH3 is 2. The lowest BCUT2D eigenvalue weighted by atomic mass is 9.87. The van der Waals surface area contributed by atoms with Crippen LogP contribution in [0.3, 0.4) is 0 Å². The lowest BCUT2D eigenvalue weighted by Gasteiger charge is -2.18. The summed E-state index contributed by atoms with van der Waals surface area (Å²) in [4.78, 5) is 13.7. The van der Waals surface area contributed by atoms with Gasteiger partial charge in [0.05, 0.1) is 18.8 Å². The van der Waals surface area contributed by atoms with Crippen molar-refractivity contribution in [3.05, 3.63) is 68.5 Å². The van der Waals surface area contributed by atoms with Crippen LogP contribution in [0, 0.1) is 0 Å². The van der Waals surface area contributed by atoms with E-state index in [1.54, 1.807) is 24.7 Å². The lowest BCUT2D eigenvalue weighted by molar-refractivity contribution is 0.402. The number of ether oxygens (including phenoxy) is 2. The number of aromatic nitrogens is 3. The summed E-state index contributed by atoms with van der Waals surface area (Å²) in [6.07, 6.45) is 1.80. The van der Waals surface area contributed by atoms with E-state index in [4.69, 9.17) is 9.47 Å². The molecule has 0 atom stereocenters. The molecule has 7 heteroatoms. The Bertz CT molecular complexity index is 1310. The van der Waals surface area contributed by atoms with Gasteiger partial charge < -0.3 is 9.47 Å². The topological polar surface area (TPSA) is 65.7 Å². The summed E-state index contributed by atoms with van der Waals surface area (Å²) in [6, 6.07) is 13.6. The van der Waals surface area contributed by atoms with Gasteiger partial charge in [-0.15, -0.1) is 10.2 Å². The van der Waals surface area contributed by atoms with Gasteiger partial charge in [-0.05, 0) is 35.3 Å². The van der Waals surface area contributed by atoms with Crippen LogP contribution < -0.4 is 19.6 Å². The van der Waals surface area contributed by atoms with Gasteiger partial charge in [-0.1, -0.05) is 56.4 Å². The van der Waals surface area contributed by atoms with Crippen molar-refractivity contribution in [1.82, 2.24) is 14.6 Å². The van der Waals surface area contributed by atoms with E-state index in [1.165, 1.54) is 16.9 Å². The molecule has 2 heterocycles. The highest BCUT2D eigenvalue weighted by Crippen LogP contribution is 2.26. The fourth-order valence-corrected chi connectivity index (χ4v) is 4.17. The third-order valence-electron chi connectivity index (χ3n) is 4.98. The van der Waals surface area contributed by atoms with Gasteiger partial charge in [0.2, 0.25) is 4.96 Å². The molecule has 2 aromatic heterocycles. The Morgan fingerprint density at radius 3 is 2.37 bits per heavy atom. The molecule has 0 saturated carbocycles. The average molecular weight is 422 g/mol. The van der Waals surface area contributed by atoms with E-state index in [0.717, 1.165) is 11.1 Å². The highest BCUT2D eigenvalue weighted by atomic mass is 32.1. The van der Waals surface area contributed by atoms with E-state index in [9.17, 15) is 4.79 Å². The number of fused-ring (bicyclic) bond motifs is 1. The Labute approximate surface area is 178 Å². The van der Waals surface area contributed by atoms with E-state index in [0.29, 0.717) is 26.8 Å². The van der Waals surface area contributed by atoms with E-state index >= 15 is 0 Å². The maximum Gasteiger partial charge on any atom is 0.276 e. The smallest absolute Gasteiger partial charge is 0.276 e. The van der Waals surface area contributed by atoms with Crippen LogP contribution in [0.15, 0.2) is 47.3 Å². The fourth-order valence-electron chi connectivity index (χ4n) is 3.26. The molecule has 0 N–H and O–H groups in total.